The summed E-state index contributed by atoms with van der Waals surface area (Å²) in [5, 5.41) is 0. The second-order valence-corrected chi connectivity index (χ2v) is 11.9. The molecular formula is C41H76. The van der Waals surface area contributed by atoms with E-state index >= 15 is 0 Å². The molecule has 1 aromatic rings. The third-order valence-electron chi connectivity index (χ3n) is 8.20. The summed E-state index contributed by atoms with van der Waals surface area (Å²) in [6.45, 7) is 32.6. The van der Waals surface area contributed by atoms with E-state index in [1.165, 1.54) is 107 Å². The van der Waals surface area contributed by atoms with Crippen molar-refractivity contribution in [3.05, 3.63) is 71.3 Å². The zero-order chi connectivity index (χ0) is 30.9. The predicted octanol–water partition coefficient (Wildman–Crippen LogP) is 14.2. The van der Waals surface area contributed by atoms with Crippen molar-refractivity contribution in [2.24, 2.45) is 17.8 Å². The van der Waals surface area contributed by atoms with Gasteiger partial charge in [-0.3, -0.25) is 0 Å². The van der Waals surface area contributed by atoms with Crippen molar-refractivity contribution in [1.29, 1.82) is 0 Å². The summed E-state index contributed by atoms with van der Waals surface area (Å²) < 4.78 is 0. The average Bonchev–Trinajstić information content (AvgIpc) is 2.97. The van der Waals surface area contributed by atoms with Gasteiger partial charge in [-0.05, 0) is 119 Å². The van der Waals surface area contributed by atoms with Crippen LogP contribution in [0.5, 0.6) is 0 Å². The Kier molecular flexibility index (Phi) is 30.6. The molecule has 0 saturated heterocycles. The molecule has 0 heterocycles. The van der Waals surface area contributed by atoms with Crippen LogP contribution < -0.4 is 0 Å². The SMILES string of the molecule is C.C=C(C)C.C=C(C)C1CCCCC1.C=CC1CCCC(CCCc2ccc(CCC)c(CC)c2C)C1.CC.CC. The molecule has 0 heteroatoms. The van der Waals surface area contributed by atoms with E-state index in [0.717, 1.165) is 17.8 Å². The normalized spacial score (nSPS) is 17.7. The zero-order valence-corrected chi connectivity index (χ0v) is 29.2. The standard InChI is InChI=1S/C23H36.C9H16.C4H8.2C2H6.CH4/c1-5-10-22-16-15-21(18(4)23(22)7-3)14-9-13-20-12-8-11-19(6-2)17-20;1-8(2)9-6-4-3-5-7-9;1-4(2)3;2*1-2;/h6,15-16,19-20H,2,5,7-14,17H2,1,3-4H3;9H,1,3-7H2,2H3;1H2,2-3H3;2*1-2H3;1H4. The van der Waals surface area contributed by atoms with Gasteiger partial charge in [-0.25, -0.2) is 0 Å². The van der Waals surface area contributed by atoms with E-state index in [2.05, 4.69) is 65.6 Å². The summed E-state index contributed by atoms with van der Waals surface area (Å²) in [4.78, 5) is 0. The predicted molar refractivity (Wildman–Crippen MR) is 194 cm³/mol. The van der Waals surface area contributed by atoms with E-state index in [1.807, 2.05) is 41.5 Å². The van der Waals surface area contributed by atoms with Crippen LogP contribution in [0.2, 0.25) is 0 Å². The van der Waals surface area contributed by atoms with Crippen LogP contribution >= 0.6 is 0 Å². The van der Waals surface area contributed by atoms with Crippen molar-refractivity contribution >= 4 is 0 Å². The molecule has 3 rings (SSSR count). The zero-order valence-electron chi connectivity index (χ0n) is 29.2. The van der Waals surface area contributed by atoms with Crippen molar-refractivity contribution in [3.63, 3.8) is 0 Å². The summed E-state index contributed by atoms with van der Waals surface area (Å²) in [5.74, 6) is 2.59. The van der Waals surface area contributed by atoms with Gasteiger partial charge in [-0.1, -0.05) is 130 Å². The lowest BCUT2D eigenvalue weighted by atomic mass is 9.79. The number of rotatable bonds is 9. The fraction of sp³-hybridized carbons (Fsp3) is 0.707. The molecule has 0 spiro atoms. The number of allylic oxidation sites excluding steroid dienone is 3. The third kappa shape index (κ3) is 20.1. The molecule has 240 valence electrons. The number of hydrogen-bond donors (Lipinski definition) is 0. The van der Waals surface area contributed by atoms with Crippen molar-refractivity contribution in [2.75, 3.05) is 0 Å². The summed E-state index contributed by atoms with van der Waals surface area (Å²) in [5.41, 5.74) is 8.93. The smallest absolute Gasteiger partial charge is 0.0209 e. The van der Waals surface area contributed by atoms with Crippen LogP contribution in [0.3, 0.4) is 0 Å². The molecule has 2 unspecified atom stereocenters. The molecule has 0 radical (unpaired) electrons. The van der Waals surface area contributed by atoms with Gasteiger partial charge in [0.25, 0.3) is 0 Å². The molecule has 2 atom stereocenters. The molecule has 2 aliphatic carbocycles. The number of hydrogen-bond acceptors (Lipinski definition) is 0. The van der Waals surface area contributed by atoms with Gasteiger partial charge in [0.2, 0.25) is 0 Å². The van der Waals surface area contributed by atoms with Gasteiger partial charge in [0.1, 0.15) is 0 Å². The van der Waals surface area contributed by atoms with Gasteiger partial charge in [0, 0.05) is 0 Å². The van der Waals surface area contributed by atoms with Gasteiger partial charge >= 0.3 is 0 Å². The lowest BCUT2D eigenvalue weighted by molar-refractivity contribution is 0.285. The third-order valence-corrected chi connectivity index (χ3v) is 8.20. The largest absolute Gasteiger partial charge is 0.103 e. The van der Waals surface area contributed by atoms with Crippen LogP contribution in [-0.2, 0) is 19.3 Å². The highest BCUT2D eigenvalue weighted by atomic mass is 14.2. The maximum atomic E-state index is 4.00. The molecule has 2 saturated carbocycles. The van der Waals surface area contributed by atoms with E-state index in [9.17, 15) is 0 Å². The molecule has 0 nitrogen and oxygen atoms in total. The van der Waals surface area contributed by atoms with Crippen molar-refractivity contribution in [2.45, 2.75) is 173 Å². The van der Waals surface area contributed by atoms with Crippen LogP contribution in [-0.4, -0.2) is 0 Å². The van der Waals surface area contributed by atoms with Crippen LogP contribution in [0.1, 0.15) is 169 Å². The minimum Gasteiger partial charge on any atom is -0.103 e. The molecule has 41 heavy (non-hydrogen) atoms. The quantitative estimate of drug-likeness (QED) is 0.260. The van der Waals surface area contributed by atoms with Gasteiger partial charge < -0.3 is 0 Å². The van der Waals surface area contributed by atoms with Crippen LogP contribution in [0.15, 0.2) is 49.1 Å². The Morgan fingerprint density at radius 3 is 1.85 bits per heavy atom. The van der Waals surface area contributed by atoms with Gasteiger partial charge in [0.15, 0.2) is 0 Å². The van der Waals surface area contributed by atoms with E-state index in [1.54, 1.807) is 22.3 Å². The van der Waals surface area contributed by atoms with Crippen LogP contribution in [0.25, 0.3) is 0 Å². The second kappa shape index (κ2) is 28.6. The summed E-state index contributed by atoms with van der Waals surface area (Å²) in [7, 11) is 0. The van der Waals surface area contributed by atoms with Crippen molar-refractivity contribution < 1.29 is 0 Å². The summed E-state index contributed by atoms with van der Waals surface area (Å²) in [6.07, 6.45) is 22.6. The molecular weight excluding hydrogens is 492 g/mol. The molecule has 0 bridgehead atoms. The average molecular weight is 569 g/mol. The van der Waals surface area contributed by atoms with Gasteiger partial charge in [-0.2, -0.15) is 0 Å². The maximum Gasteiger partial charge on any atom is -0.0209 e. The Bertz CT molecular complexity index is 769. The second-order valence-electron chi connectivity index (χ2n) is 11.9. The van der Waals surface area contributed by atoms with E-state index in [0.29, 0.717) is 0 Å². The first-order chi connectivity index (χ1) is 19.2. The first-order valence-corrected chi connectivity index (χ1v) is 17.2. The first kappa shape index (κ1) is 43.9. The summed E-state index contributed by atoms with van der Waals surface area (Å²) in [6, 6.07) is 4.81. The molecule has 2 fully saturated rings. The van der Waals surface area contributed by atoms with Gasteiger partial charge in [-0.15, -0.1) is 13.2 Å². The lowest BCUT2D eigenvalue weighted by Gasteiger charge is -2.27. The molecule has 0 aliphatic heterocycles. The van der Waals surface area contributed by atoms with Gasteiger partial charge in [0.05, 0.1) is 0 Å². The Hall–Kier alpha value is -1.56. The fourth-order valence-corrected chi connectivity index (χ4v) is 6.11. The van der Waals surface area contributed by atoms with Crippen molar-refractivity contribution in [1.82, 2.24) is 0 Å². The Morgan fingerprint density at radius 1 is 0.829 bits per heavy atom. The van der Waals surface area contributed by atoms with E-state index in [4.69, 9.17) is 0 Å². The molecule has 1 aromatic carbocycles. The minimum atomic E-state index is 0. The Labute approximate surface area is 261 Å². The highest BCUT2D eigenvalue weighted by Gasteiger charge is 2.19. The number of aryl methyl sites for hydroxylation is 2. The molecule has 2 aliphatic rings. The Morgan fingerprint density at radius 2 is 1.39 bits per heavy atom. The number of benzene rings is 1. The molecule has 0 amide bonds. The van der Waals surface area contributed by atoms with Crippen LogP contribution in [0, 0.1) is 24.7 Å². The lowest BCUT2D eigenvalue weighted by Crippen LogP contribution is -2.14. The minimum absolute atomic E-state index is 0. The Balaban J connectivity index is -0.000000664. The summed E-state index contributed by atoms with van der Waals surface area (Å²) >= 11 is 0. The molecule has 0 N–H and O–H groups in total. The van der Waals surface area contributed by atoms with Crippen molar-refractivity contribution in [3.8, 4) is 0 Å². The monoisotopic (exact) mass is 569 g/mol. The topological polar surface area (TPSA) is 0 Å². The first-order valence-electron chi connectivity index (χ1n) is 17.2. The van der Waals surface area contributed by atoms with E-state index in [-0.39, 0.29) is 7.43 Å². The van der Waals surface area contributed by atoms with Crippen LogP contribution in [0.4, 0.5) is 0 Å². The maximum absolute atomic E-state index is 4.00. The highest BCUT2D eigenvalue weighted by Crippen LogP contribution is 2.33. The fourth-order valence-electron chi connectivity index (χ4n) is 6.11. The van der Waals surface area contributed by atoms with E-state index < -0.39 is 0 Å². The highest BCUT2D eigenvalue weighted by molar-refractivity contribution is 5.40. The molecule has 0 aromatic heterocycles.